The second-order valence-corrected chi connectivity index (χ2v) is 5.57. The molecular formula is C14H24N2O. The van der Waals surface area contributed by atoms with E-state index in [2.05, 4.69) is 35.3 Å². The first-order valence-electron chi connectivity index (χ1n) is 5.98. The molecule has 3 nitrogen and oxygen atoms in total. The van der Waals surface area contributed by atoms with Gasteiger partial charge in [0.1, 0.15) is 0 Å². The summed E-state index contributed by atoms with van der Waals surface area (Å²) in [5.74, 6) is 0. The van der Waals surface area contributed by atoms with Crippen LogP contribution in [0.5, 0.6) is 0 Å². The van der Waals surface area contributed by atoms with Crippen molar-refractivity contribution in [1.82, 2.24) is 0 Å². The molecule has 17 heavy (non-hydrogen) atoms. The minimum Gasteiger partial charge on any atom is -0.396 e. The average Bonchev–Trinajstić information content (AvgIpc) is 2.27. The van der Waals surface area contributed by atoms with Gasteiger partial charge in [-0.3, -0.25) is 0 Å². The number of hydrogen-bond donors (Lipinski definition) is 2. The molecule has 0 spiro atoms. The van der Waals surface area contributed by atoms with E-state index in [1.807, 2.05) is 27.9 Å². The molecule has 0 aliphatic carbocycles. The van der Waals surface area contributed by atoms with Crippen LogP contribution in [0.1, 0.15) is 19.4 Å². The number of benzene rings is 1. The van der Waals surface area contributed by atoms with Crippen LogP contribution in [0.25, 0.3) is 0 Å². The standard InChI is InChI=1S/C14H24N2O/c1-11-6-7-12(8-13(11)16(4)5)15-9-14(2,3)10-17/h6-8,15,17H,9-10H2,1-5H3. The zero-order valence-corrected chi connectivity index (χ0v) is 11.5. The van der Waals surface area contributed by atoms with Crippen molar-refractivity contribution >= 4 is 11.4 Å². The molecule has 1 aromatic carbocycles. The molecule has 0 fully saturated rings. The van der Waals surface area contributed by atoms with Crippen molar-refractivity contribution in [1.29, 1.82) is 0 Å². The summed E-state index contributed by atoms with van der Waals surface area (Å²) in [7, 11) is 4.09. The number of aliphatic hydroxyl groups is 1. The molecule has 0 radical (unpaired) electrons. The summed E-state index contributed by atoms with van der Waals surface area (Å²) in [6.07, 6.45) is 0. The number of hydrogen-bond acceptors (Lipinski definition) is 3. The van der Waals surface area contributed by atoms with Gasteiger partial charge in [0.25, 0.3) is 0 Å². The molecule has 0 atom stereocenters. The summed E-state index contributed by atoms with van der Waals surface area (Å²) in [4.78, 5) is 2.11. The lowest BCUT2D eigenvalue weighted by molar-refractivity contribution is 0.171. The Morgan fingerprint density at radius 3 is 2.47 bits per heavy atom. The lowest BCUT2D eigenvalue weighted by Gasteiger charge is -2.23. The minimum absolute atomic E-state index is 0.0941. The molecule has 0 bridgehead atoms. The van der Waals surface area contributed by atoms with Crippen molar-refractivity contribution in [3.8, 4) is 0 Å². The van der Waals surface area contributed by atoms with Gasteiger partial charge in [-0.2, -0.15) is 0 Å². The number of anilines is 2. The first-order valence-corrected chi connectivity index (χ1v) is 5.98. The molecule has 3 heteroatoms. The number of rotatable bonds is 5. The highest BCUT2D eigenvalue weighted by atomic mass is 16.3. The van der Waals surface area contributed by atoms with Crippen LogP contribution < -0.4 is 10.2 Å². The third-order valence-corrected chi connectivity index (χ3v) is 2.89. The van der Waals surface area contributed by atoms with Crippen molar-refractivity contribution in [3.05, 3.63) is 23.8 Å². The third-order valence-electron chi connectivity index (χ3n) is 2.89. The molecule has 0 aliphatic heterocycles. The molecule has 0 amide bonds. The zero-order valence-electron chi connectivity index (χ0n) is 11.5. The monoisotopic (exact) mass is 236 g/mol. The van der Waals surface area contributed by atoms with Crippen LogP contribution >= 0.6 is 0 Å². The van der Waals surface area contributed by atoms with Gasteiger partial charge in [0.05, 0.1) is 0 Å². The van der Waals surface area contributed by atoms with E-state index < -0.39 is 0 Å². The largest absolute Gasteiger partial charge is 0.396 e. The van der Waals surface area contributed by atoms with Crippen LogP contribution in [0.3, 0.4) is 0 Å². The van der Waals surface area contributed by atoms with Crippen LogP contribution in [-0.4, -0.2) is 32.4 Å². The maximum atomic E-state index is 9.21. The highest BCUT2D eigenvalue weighted by Crippen LogP contribution is 2.23. The fraction of sp³-hybridized carbons (Fsp3) is 0.571. The Morgan fingerprint density at radius 1 is 1.29 bits per heavy atom. The summed E-state index contributed by atoms with van der Waals surface area (Å²) >= 11 is 0. The van der Waals surface area contributed by atoms with E-state index >= 15 is 0 Å². The Morgan fingerprint density at radius 2 is 1.94 bits per heavy atom. The molecular weight excluding hydrogens is 212 g/mol. The quantitative estimate of drug-likeness (QED) is 0.824. The Bertz CT molecular complexity index is 372. The molecule has 1 aromatic rings. The Hall–Kier alpha value is -1.22. The van der Waals surface area contributed by atoms with Crippen molar-refractivity contribution in [3.63, 3.8) is 0 Å². The number of nitrogens with zero attached hydrogens (tertiary/aromatic N) is 1. The Balaban J connectivity index is 2.76. The third kappa shape index (κ3) is 3.93. The van der Waals surface area contributed by atoms with Crippen LogP contribution in [-0.2, 0) is 0 Å². The van der Waals surface area contributed by atoms with Crippen LogP contribution in [0.4, 0.5) is 11.4 Å². The van der Waals surface area contributed by atoms with Crippen LogP contribution in [0.15, 0.2) is 18.2 Å². The molecule has 0 unspecified atom stereocenters. The predicted octanol–water partition coefficient (Wildman–Crippen LogP) is 2.49. The number of aryl methyl sites for hydroxylation is 1. The molecule has 0 aliphatic rings. The fourth-order valence-electron chi connectivity index (χ4n) is 1.60. The molecule has 96 valence electrons. The van der Waals surface area contributed by atoms with E-state index in [0.29, 0.717) is 0 Å². The van der Waals surface area contributed by atoms with E-state index in [4.69, 9.17) is 0 Å². The normalized spacial score (nSPS) is 11.4. The van der Waals surface area contributed by atoms with E-state index in [9.17, 15) is 5.11 Å². The summed E-state index contributed by atoms with van der Waals surface area (Å²) in [5, 5.41) is 12.6. The van der Waals surface area contributed by atoms with Crippen molar-refractivity contribution in [2.75, 3.05) is 37.5 Å². The van der Waals surface area contributed by atoms with Crippen molar-refractivity contribution in [2.24, 2.45) is 5.41 Å². The number of aliphatic hydroxyl groups excluding tert-OH is 1. The maximum Gasteiger partial charge on any atom is 0.0498 e. The summed E-state index contributed by atoms with van der Waals surface area (Å²) in [6.45, 7) is 7.14. The van der Waals surface area contributed by atoms with Gasteiger partial charge in [0.15, 0.2) is 0 Å². The Kier molecular flexibility index (Phi) is 4.40. The summed E-state index contributed by atoms with van der Waals surface area (Å²) in [5.41, 5.74) is 3.49. The summed E-state index contributed by atoms with van der Waals surface area (Å²) < 4.78 is 0. The van der Waals surface area contributed by atoms with Gasteiger partial charge in [-0.25, -0.2) is 0 Å². The first-order chi connectivity index (χ1) is 7.85. The summed E-state index contributed by atoms with van der Waals surface area (Å²) in [6, 6.07) is 6.34. The number of nitrogens with one attached hydrogen (secondary N) is 1. The smallest absolute Gasteiger partial charge is 0.0498 e. The maximum absolute atomic E-state index is 9.21. The molecule has 0 saturated heterocycles. The van der Waals surface area contributed by atoms with E-state index in [-0.39, 0.29) is 12.0 Å². The van der Waals surface area contributed by atoms with Crippen LogP contribution in [0, 0.1) is 12.3 Å². The van der Waals surface area contributed by atoms with Gasteiger partial charge in [0.2, 0.25) is 0 Å². The highest BCUT2D eigenvalue weighted by molar-refractivity contribution is 5.61. The van der Waals surface area contributed by atoms with Gasteiger partial charge in [-0.05, 0) is 24.6 Å². The molecule has 0 saturated carbocycles. The average molecular weight is 236 g/mol. The second kappa shape index (κ2) is 5.41. The minimum atomic E-state index is -0.0941. The molecule has 0 heterocycles. The van der Waals surface area contributed by atoms with Gasteiger partial charge in [-0.15, -0.1) is 0 Å². The molecule has 1 rings (SSSR count). The zero-order chi connectivity index (χ0) is 13.1. The van der Waals surface area contributed by atoms with Crippen molar-refractivity contribution < 1.29 is 5.11 Å². The lowest BCUT2D eigenvalue weighted by Crippen LogP contribution is -2.26. The Labute approximate surface area is 104 Å². The van der Waals surface area contributed by atoms with Gasteiger partial charge in [0, 0.05) is 44.0 Å². The predicted molar refractivity (Wildman–Crippen MR) is 74.9 cm³/mol. The highest BCUT2D eigenvalue weighted by Gasteiger charge is 2.15. The molecule has 0 aromatic heterocycles. The fourth-order valence-corrected chi connectivity index (χ4v) is 1.60. The van der Waals surface area contributed by atoms with E-state index in [1.54, 1.807) is 0 Å². The lowest BCUT2D eigenvalue weighted by atomic mass is 9.95. The van der Waals surface area contributed by atoms with E-state index in [1.165, 1.54) is 11.3 Å². The van der Waals surface area contributed by atoms with Gasteiger partial charge in [-0.1, -0.05) is 19.9 Å². The topological polar surface area (TPSA) is 35.5 Å². The molecule has 2 N–H and O–H groups in total. The van der Waals surface area contributed by atoms with E-state index in [0.717, 1.165) is 12.2 Å². The van der Waals surface area contributed by atoms with Crippen molar-refractivity contribution in [2.45, 2.75) is 20.8 Å². The second-order valence-electron chi connectivity index (χ2n) is 5.57. The van der Waals surface area contributed by atoms with Gasteiger partial charge < -0.3 is 15.3 Å². The first kappa shape index (κ1) is 13.8. The SMILES string of the molecule is Cc1ccc(NCC(C)(C)CO)cc1N(C)C. The van der Waals surface area contributed by atoms with Gasteiger partial charge >= 0.3 is 0 Å². The van der Waals surface area contributed by atoms with Crippen LogP contribution in [0.2, 0.25) is 0 Å².